The van der Waals surface area contributed by atoms with Crippen LogP contribution in [0.15, 0.2) is 24.3 Å². The average Bonchev–Trinajstić information content (AvgIpc) is 3.20. The number of ketones is 1. The Balaban J connectivity index is 2.08. The molecule has 3 rings (SSSR count). The molecule has 2 aliphatic carbocycles. The van der Waals surface area contributed by atoms with E-state index in [9.17, 15) is 4.79 Å². The Morgan fingerprint density at radius 3 is 2.83 bits per heavy atom. The average molecular weight is 266 g/mol. The van der Waals surface area contributed by atoms with Gasteiger partial charge in [-0.3, -0.25) is 10.1 Å². The molecular weight excluding hydrogens is 246 g/mol. The van der Waals surface area contributed by atoms with Gasteiger partial charge in [-0.15, -0.1) is 0 Å². The maximum atomic E-state index is 12.8. The van der Waals surface area contributed by atoms with Gasteiger partial charge in [0.25, 0.3) is 0 Å². The summed E-state index contributed by atoms with van der Waals surface area (Å²) in [4.78, 5) is 12.8. The highest BCUT2D eigenvalue weighted by molar-refractivity contribution is 6.31. The van der Waals surface area contributed by atoms with Crippen LogP contribution >= 0.6 is 11.6 Å². The number of halogens is 1. The SMILES string of the molecule is [2H]C1([2H])CCC[C@](NC2CC2)(c2ccccc2Cl)C1=O. The first-order valence-corrected chi connectivity index (χ1v) is 6.91. The molecule has 1 aromatic rings. The fourth-order valence-electron chi connectivity index (χ4n) is 2.68. The molecule has 0 heterocycles. The summed E-state index contributed by atoms with van der Waals surface area (Å²) in [6.45, 7) is 0. The van der Waals surface area contributed by atoms with Crippen LogP contribution in [0.25, 0.3) is 0 Å². The van der Waals surface area contributed by atoms with Gasteiger partial charge in [-0.1, -0.05) is 36.2 Å². The molecule has 0 saturated heterocycles. The zero-order valence-electron chi connectivity index (χ0n) is 12.2. The monoisotopic (exact) mass is 265 g/mol. The lowest BCUT2D eigenvalue weighted by Crippen LogP contribution is -2.52. The summed E-state index contributed by atoms with van der Waals surface area (Å²) in [7, 11) is 0. The van der Waals surface area contributed by atoms with Crippen LogP contribution in [0.1, 0.15) is 46.8 Å². The standard InChI is InChI=1S/C15H18ClNO/c16-13-6-2-1-5-12(13)15(17-11-8-9-11)10-4-3-7-14(15)18/h1-2,5-6,11,17H,3-4,7-10H2/t15-/m0/s1/i7D2. The first-order chi connectivity index (χ1) is 9.46. The summed E-state index contributed by atoms with van der Waals surface area (Å²) in [5.74, 6) is -0.365. The van der Waals surface area contributed by atoms with Crippen LogP contribution in [-0.4, -0.2) is 11.8 Å². The van der Waals surface area contributed by atoms with Crippen LogP contribution in [0.5, 0.6) is 0 Å². The molecule has 0 amide bonds. The van der Waals surface area contributed by atoms with Gasteiger partial charge in [-0.2, -0.15) is 0 Å². The highest BCUT2D eigenvalue weighted by atomic mass is 35.5. The van der Waals surface area contributed by atoms with Crippen LogP contribution in [0, 0.1) is 0 Å². The smallest absolute Gasteiger partial charge is 0.157 e. The molecule has 0 unspecified atom stereocenters. The van der Waals surface area contributed by atoms with Crippen LogP contribution in [0.3, 0.4) is 0 Å². The summed E-state index contributed by atoms with van der Waals surface area (Å²) in [6, 6.07) is 7.61. The van der Waals surface area contributed by atoms with E-state index in [1.54, 1.807) is 6.07 Å². The number of nitrogens with one attached hydrogen (secondary N) is 1. The summed E-state index contributed by atoms with van der Waals surface area (Å²) >= 11 is 6.29. The molecule has 0 bridgehead atoms. The lowest BCUT2D eigenvalue weighted by atomic mass is 9.75. The van der Waals surface area contributed by atoms with Crippen molar-refractivity contribution in [2.45, 2.75) is 50.1 Å². The maximum Gasteiger partial charge on any atom is 0.157 e. The zero-order valence-corrected chi connectivity index (χ0v) is 11.0. The van der Waals surface area contributed by atoms with Crippen molar-refractivity contribution in [2.24, 2.45) is 0 Å². The molecule has 1 atom stereocenters. The molecule has 1 N–H and O–H groups in total. The van der Waals surface area contributed by atoms with Crippen molar-refractivity contribution in [2.75, 3.05) is 0 Å². The quantitative estimate of drug-likeness (QED) is 0.907. The summed E-state index contributed by atoms with van der Waals surface area (Å²) in [6.07, 6.45) is 1.91. The Morgan fingerprint density at radius 1 is 1.33 bits per heavy atom. The third kappa shape index (κ3) is 2.08. The Bertz CT molecular complexity index is 544. The van der Waals surface area contributed by atoms with Crippen LogP contribution in [-0.2, 0) is 10.3 Å². The minimum Gasteiger partial charge on any atom is -0.298 e. The van der Waals surface area contributed by atoms with E-state index in [0.29, 0.717) is 30.3 Å². The Morgan fingerprint density at radius 2 is 2.11 bits per heavy atom. The molecule has 2 nitrogen and oxygen atoms in total. The number of rotatable bonds is 3. The number of carbonyl (C=O) groups excluding carboxylic acids is 1. The van der Waals surface area contributed by atoms with Crippen LogP contribution in [0.4, 0.5) is 0 Å². The van der Waals surface area contributed by atoms with Gasteiger partial charge in [0.15, 0.2) is 5.78 Å². The number of benzene rings is 1. The third-order valence-electron chi connectivity index (χ3n) is 3.76. The van der Waals surface area contributed by atoms with E-state index in [4.69, 9.17) is 14.3 Å². The van der Waals surface area contributed by atoms with Gasteiger partial charge in [-0.05, 0) is 37.3 Å². The molecule has 0 aromatic heterocycles. The summed E-state index contributed by atoms with van der Waals surface area (Å²) in [5, 5.41) is 3.93. The van der Waals surface area contributed by atoms with Gasteiger partial charge in [0.2, 0.25) is 0 Å². The summed E-state index contributed by atoms with van der Waals surface area (Å²) < 4.78 is 16.0. The molecule has 0 aliphatic heterocycles. The van der Waals surface area contributed by atoms with Crippen LogP contribution < -0.4 is 5.32 Å². The molecule has 96 valence electrons. The van der Waals surface area contributed by atoms with Gasteiger partial charge in [0, 0.05) is 20.2 Å². The van der Waals surface area contributed by atoms with Gasteiger partial charge >= 0.3 is 0 Å². The number of hydrogen-bond acceptors (Lipinski definition) is 2. The van der Waals surface area contributed by atoms with Crippen molar-refractivity contribution in [3.63, 3.8) is 0 Å². The molecule has 0 radical (unpaired) electrons. The van der Waals surface area contributed by atoms with Gasteiger partial charge in [0.1, 0.15) is 5.54 Å². The fourth-order valence-corrected chi connectivity index (χ4v) is 2.97. The first-order valence-electron chi connectivity index (χ1n) is 7.53. The fraction of sp³-hybridized carbons (Fsp3) is 0.533. The van der Waals surface area contributed by atoms with Crippen molar-refractivity contribution in [1.82, 2.24) is 5.32 Å². The Hall–Kier alpha value is -0.860. The van der Waals surface area contributed by atoms with Crippen molar-refractivity contribution in [1.29, 1.82) is 0 Å². The molecule has 18 heavy (non-hydrogen) atoms. The summed E-state index contributed by atoms with van der Waals surface area (Å²) in [5.41, 5.74) is -0.233. The van der Waals surface area contributed by atoms with Crippen molar-refractivity contribution < 1.29 is 7.54 Å². The predicted octanol–water partition coefficient (Wildman–Crippen LogP) is 3.43. The molecule has 2 aliphatic rings. The van der Waals surface area contributed by atoms with Crippen molar-refractivity contribution in [3.05, 3.63) is 34.9 Å². The number of hydrogen-bond donors (Lipinski definition) is 1. The largest absolute Gasteiger partial charge is 0.298 e. The number of carbonyl (C=O) groups is 1. The molecule has 0 spiro atoms. The number of Topliss-reactive ketones (excluding diaryl/α,β-unsaturated/α-hetero) is 1. The van der Waals surface area contributed by atoms with E-state index >= 15 is 0 Å². The van der Waals surface area contributed by atoms with E-state index in [1.165, 1.54) is 0 Å². The van der Waals surface area contributed by atoms with Crippen molar-refractivity contribution in [3.8, 4) is 0 Å². The van der Waals surface area contributed by atoms with Crippen molar-refractivity contribution >= 4 is 17.4 Å². The highest BCUT2D eigenvalue weighted by Crippen LogP contribution is 2.40. The maximum absolute atomic E-state index is 12.8. The Kier molecular flexibility index (Phi) is 2.59. The highest BCUT2D eigenvalue weighted by Gasteiger charge is 2.45. The van der Waals surface area contributed by atoms with E-state index in [0.717, 1.165) is 18.4 Å². The minimum absolute atomic E-state index is 0.296. The lowest BCUT2D eigenvalue weighted by molar-refractivity contribution is -0.128. The first kappa shape index (κ1) is 9.99. The lowest BCUT2D eigenvalue weighted by Gasteiger charge is -2.38. The second-order valence-electron chi connectivity index (χ2n) is 5.16. The van der Waals surface area contributed by atoms with E-state index < -0.39 is 11.9 Å². The Labute approximate surface area is 116 Å². The second kappa shape index (κ2) is 4.67. The molecule has 2 fully saturated rings. The van der Waals surface area contributed by atoms with E-state index in [-0.39, 0.29) is 5.78 Å². The molecule has 1 aromatic carbocycles. The van der Waals surface area contributed by atoms with Gasteiger partial charge < -0.3 is 0 Å². The van der Waals surface area contributed by atoms with Gasteiger partial charge in [0.05, 0.1) is 0 Å². The molecular formula is C15H18ClNO. The normalized spacial score (nSPS) is 32.8. The van der Waals surface area contributed by atoms with Gasteiger partial charge in [-0.25, -0.2) is 0 Å². The van der Waals surface area contributed by atoms with Crippen LogP contribution in [0.2, 0.25) is 5.02 Å². The molecule has 3 heteroatoms. The van der Waals surface area contributed by atoms with E-state index in [2.05, 4.69) is 5.32 Å². The predicted molar refractivity (Wildman–Crippen MR) is 72.8 cm³/mol. The minimum atomic E-state index is -1.78. The molecule has 2 saturated carbocycles. The van der Waals surface area contributed by atoms with E-state index in [1.807, 2.05) is 18.2 Å². The second-order valence-corrected chi connectivity index (χ2v) is 5.57. The third-order valence-corrected chi connectivity index (χ3v) is 4.09. The topological polar surface area (TPSA) is 29.1 Å². The zero-order chi connectivity index (χ0) is 14.4.